The highest BCUT2D eigenvalue weighted by Crippen LogP contribution is 2.23. The van der Waals surface area contributed by atoms with E-state index < -0.39 is 0 Å². The van der Waals surface area contributed by atoms with E-state index in [1.54, 1.807) is 0 Å². The molecule has 0 radical (unpaired) electrons. The molecule has 1 fully saturated rings. The second-order valence-electron chi connectivity index (χ2n) is 5.17. The van der Waals surface area contributed by atoms with Gasteiger partial charge in [-0.05, 0) is 30.5 Å². The molecule has 0 aliphatic carbocycles. The first-order valence-corrected chi connectivity index (χ1v) is 7.09. The first-order chi connectivity index (χ1) is 9.63. The summed E-state index contributed by atoms with van der Waals surface area (Å²) in [7, 11) is 1.39. The van der Waals surface area contributed by atoms with Crippen molar-refractivity contribution >= 4 is 11.8 Å². The second-order valence-corrected chi connectivity index (χ2v) is 5.17. The van der Waals surface area contributed by atoms with Crippen molar-refractivity contribution in [2.75, 3.05) is 25.1 Å². The number of carbonyl (C=O) groups is 1. The zero-order valence-electron chi connectivity index (χ0n) is 12.1. The van der Waals surface area contributed by atoms with Crippen molar-refractivity contribution in [1.29, 1.82) is 0 Å². The van der Waals surface area contributed by atoms with Gasteiger partial charge in [0.05, 0.1) is 13.2 Å². The number of methoxy groups -OCH3 is 1. The quantitative estimate of drug-likeness (QED) is 0.883. The summed E-state index contributed by atoms with van der Waals surface area (Å²) in [5.74, 6) is 0. The number of benzene rings is 1. The molecule has 3 N–H and O–H groups in total. The summed E-state index contributed by atoms with van der Waals surface area (Å²) in [6.07, 6.45) is 1.51. The van der Waals surface area contributed by atoms with Gasteiger partial charge in [0.25, 0.3) is 0 Å². The zero-order valence-corrected chi connectivity index (χ0v) is 12.1. The molecule has 0 bridgehead atoms. The number of anilines is 1. The fourth-order valence-electron chi connectivity index (χ4n) is 2.51. The third kappa shape index (κ3) is 3.42. The van der Waals surface area contributed by atoms with Crippen LogP contribution in [0.2, 0.25) is 0 Å². The van der Waals surface area contributed by atoms with Crippen molar-refractivity contribution in [1.82, 2.24) is 5.32 Å². The summed E-state index contributed by atoms with van der Waals surface area (Å²) in [5.41, 5.74) is 8.35. The van der Waals surface area contributed by atoms with Crippen molar-refractivity contribution in [2.24, 2.45) is 5.73 Å². The molecule has 20 heavy (non-hydrogen) atoms. The van der Waals surface area contributed by atoms with Crippen molar-refractivity contribution in [3.05, 3.63) is 29.8 Å². The van der Waals surface area contributed by atoms with Gasteiger partial charge < -0.3 is 20.7 Å². The third-order valence-electron chi connectivity index (χ3n) is 3.82. The first-order valence-electron chi connectivity index (χ1n) is 7.09. The summed E-state index contributed by atoms with van der Waals surface area (Å²) >= 11 is 0. The number of hydrogen-bond donors (Lipinski definition) is 2. The minimum Gasteiger partial charge on any atom is -0.453 e. The molecule has 5 nitrogen and oxygen atoms in total. The molecular formula is C15H23N3O2. The Kier molecular flexibility index (Phi) is 4.84. The molecule has 1 aromatic carbocycles. The molecule has 1 heterocycles. The second kappa shape index (κ2) is 6.61. The normalized spacial score (nSPS) is 19.8. The Labute approximate surface area is 120 Å². The van der Waals surface area contributed by atoms with Crippen molar-refractivity contribution in [3.63, 3.8) is 0 Å². The van der Waals surface area contributed by atoms with E-state index in [4.69, 9.17) is 5.73 Å². The van der Waals surface area contributed by atoms with Crippen LogP contribution in [0.5, 0.6) is 0 Å². The van der Waals surface area contributed by atoms with Crippen LogP contribution in [0.3, 0.4) is 0 Å². The minimum atomic E-state index is -0.360. The Bertz CT molecular complexity index is 447. The van der Waals surface area contributed by atoms with Gasteiger partial charge >= 0.3 is 6.09 Å². The van der Waals surface area contributed by atoms with E-state index in [2.05, 4.69) is 46.1 Å². The average Bonchev–Trinajstić information content (AvgIpc) is 2.95. The van der Waals surface area contributed by atoms with Crippen LogP contribution >= 0.6 is 0 Å². The lowest BCUT2D eigenvalue weighted by atomic mass is 10.1. The van der Waals surface area contributed by atoms with E-state index in [0.29, 0.717) is 0 Å². The van der Waals surface area contributed by atoms with E-state index in [-0.39, 0.29) is 18.2 Å². The number of alkyl carbamates (subject to hydrolysis) is 1. The number of nitrogens with zero attached hydrogens (tertiary/aromatic N) is 1. The first kappa shape index (κ1) is 14.7. The summed E-state index contributed by atoms with van der Waals surface area (Å²) in [4.78, 5) is 13.5. The maximum atomic E-state index is 11.2. The van der Waals surface area contributed by atoms with Crippen molar-refractivity contribution < 1.29 is 9.53 Å². The standard InChI is InChI=1S/C15H23N3O2/c1-3-14(16)11-4-6-13(7-5-11)18-9-8-12(10-18)17-15(19)20-2/h4-7,12,14H,3,8-10,16H2,1-2H3,(H,17,19)/t12?,14-/m0/s1. The van der Waals surface area contributed by atoms with Crippen LogP contribution in [-0.2, 0) is 4.74 Å². The van der Waals surface area contributed by atoms with Gasteiger partial charge in [0.2, 0.25) is 0 Å². The summed E-state index contributed by atoms with van der Waals surface area (Å²) in [6.45, 7) is 3.84. The number of hydrogen-bond acceptors (Lipinski definition) is 4. The summed E-state index contributed by atoms with van der Waals surface area (Å²) in [6, 6.07) is 8.64. The van der Waals surface area contributed by atoms with Gasteiger partial charge in [0.1, 0.15) is 0 Å². The molecule has 2 atom stereocenters. The highest BCUT2D eigenvalue weighted by Gasteiger charge is 2.24. The lowest BCUT2D eigenvalue weighted by molar-refractivity contribution is 0.167. The summed E-state index contributed by atoms with van der Waals surface area (Å²) in [5, 5.41) is 2.84. The highest BCUT2D eigenvalue weighted by molar-refractivity contribution is 5.67. The van der Waals surface area contributed by atoms with Crippen LogP contribution in [0.15, 0.2) is 24.3 Å². The molecule has 1 saturated heterocycles. The van der Waals surface area contributed by atoms with Gasteiger partial charge in [-0.15, -0.1) is 0 Å². The highest BCUT2D eigenvalue weighted by atomic mass is 16.5. The largest absolute Gasteiger partial charge is 0.453 e. The van der Waals surface area contributed by atoms with Crippen LogP contribution < -0.4 is 16.0 Å². The molecule has 0 aromatic heterocycles. The molecule has 1 aromatic rings. The van der Waals surface area contributed by atoms with Gasteiger partial charge in [-0.25, -0.2) is 4.79 Å². The van der Waals surface area contributed by atoms with E-state index in [1.165, 1.54) is 18.4 Å². The predicted octanol–water partition coefficient (Wildman–Crippen LogP) is 2.03. The number of nitrogens with one attached hydrogen (secondary N) is 1. The molecule has 0 saturated carbocycles. The fourth-order valence-corrected chi connectivity index (χ4v) is 2.51. The Morgan fingerprint density at radius 3 is 2.80 bits per heavy atom. The number of amides is 1. The van der Waals surface area contributed by atoms with Crippen LogP contribution in [0, 0.1) is 0 Å². The Morgan fingerprint density at radius 1 is 1.50 bits per heavy atom. The average molecular weight is 277 g/mol. The zero-order chi connectivity index (χ0) is 14.5. The van der Waals surface area contributed by atoms with Crippen molar-refractivity contribution in [2.45, 2.75) is 31.8 Å². The van der Waals surface area contributed by atoms with E-state index in [9.17, 15) is 4.79 Å². The van der Waals surface area contributed by atoms with Gasteiger partial charge in [-0.1, -0.05) is 19.1 Å². The summed E-state index contributed by atoms with van der Waals surface area (Å²) < 4.78 is 4.63. The van der Waals surface area contributed by atoms with Crippen molar-refractivity contribution in [3.8, 4) is 0 Å². The topological polar surface area (TPSA) is 67.6 Å². The molecule has 110 valence electrons. The SMILES string of the molecule is CC[C@H](N)c1ccc(N2CCC(NC(=O)OC)C2)cc1. The molecule has 0 spiro atoms. The predicted molar refractivity (Wildman–Crippen MR) is 79.8 cm³/mol. The molecule has 1 aliphatic rings. The van der Waals surface area contributed by atoms with Crippen LogP contribution in [0.1, 0.15) is 31.4 Å². The van der Waals surface area contributed by atoms with Crippen LogP contribution in [0.25, 0.3) is 0 Å². The smallest absolute Gasteiger partial charge is 0.407 e. The van der Waals surface area contributed by atoms with Gasteiger partial charge in [0, 0.05) is 24.8 Å². The number of rotatable bonds is 4. The molecule has 5 heteroatoms. The van der Waals surface area contributed by atoms with E-state index >= 15 is 0 Å². The molecule has 1 aliphatic heterocycles. The minimum absolute atomic E-state index is 0.108. The lowest BCUT2D eigenvalue weighted by Gasteiger charge is -2.20. The lowest BCUT2D eigenvalue weighted by Crippen LogP contribution is -2.36. The molecule has 1 unspecified atom stereocenters. The fraction of sp³-hybridized carbons (Fsp3) is 0.533. The molecule has 2 rings (SSSR count). The van der Waals surface area contributed by atoms with Gasteiger partial charge in [-0.3, -0.25) is 0 Å². The Hall–Kier alpha value is -1.75. The van der Waals surface area contributed by atoms with E-state index in [0.717, 1.165) is 25.9 Å². The number of nitrogens with two attached hydrogens (primary N) is 1. The third-order valence-corrected chi connectivity index (χ3v) is 3.82. The Morgan fingerprint density at radius 2 is 2.20 bits per heavy atom. The van der Waals surface area contributed by atoms with E-state index in [1.807, 2.05) is 0 Å². The van der Waals surface area contributed by atoms with Crippen LogP contribution in [-0.4, -0.2) is 32.3 Å². The Balaban J connectivity index is 1.94. The van der Waals surface area contributed by atoms with Gasteiger partial charge in [0.15, 0.2) is 0 Å². The molecule has 1 amide bonds. The maximum Gasteiger partial charge on any atom is 0.407 e. The monoisotopic (exact) mass is 277 g/mol. The van der Waals surface area contributed by atoms with Gasteiger partial charge in [-0.2, -0.15) is 0 Å². The maximum absolute atomic E-state index is 11.2. The van der Waals surface area contributed by atoms with Crippen LogP contribution in [0.4, 0.5) is 10.5 Å². The molecular weight excluding hydrogens is 254 g/mol. The number of carbonyl (C=O) groups excluding carboxylic acids is 1. The number of ether oxygens (including phenoxy) is 1.